The highest BCUT2D eigenvalue weighted by molar-refractivity contribution is 5.91. The number of hydrogen-bond donors (Lipinski definition) is 3. The molecule has 3 aromatic rings. The van der Waals surface area contributed by atoms with Crippen molar-refractivity contribution in [2.75, 3.05) is 17.2 Å². The average Bonchev–Trinajstić information content (AvgIpc) is 3.21. The number of aromatic nitrogens is 4. The molecule has 168 valence electrons. The van der Waals surface area contributed by atoms with Crippen molar-refractivity contribution in [3.63, 3.8) is 0 Å². The highest BCUT2D eigenvalue weighted by Crippen LogP contribution is 2.31. The molecule has 9 heteroatoms. The van der Waals surface area contributed by atoms with E-state index in [4.69, 9.17) is 10.2 Å². The first-order chi connectivity index (χ1) is 15.6. The highest BCUT2D eigenvalue weighted by atomic mass is 19.1. The number of likely N-dealkylation sites (tertiary alicyclic amines) is 1. The summed E-state index contributed by atoms with van der Waals surface area (Å²) < 4.78 is 13.3. The van der Waals surface area contributed by atoms with E-state index < -0.39 is 5.95 Å². The molecule has 4 rings (SSSR count). The summed E-state index contributed by atoms with van der Waals surface area (Å²) in [6, 6.07) is 10.4. The third-order valence-electron chi connectivity index (χ3n) is 6.22. The minimum absolute atomic E-state index is 0.261. The molecule has 0 aromatic carbocycles. The molecule has 1 saturated heterocycles. The standard InChI is InChI=1S/C23H29FN8/c1-3-16-11-15(12-17(4-2)32(16)10-6-8-25)27-23-18-7-5-9-26-19(18)13-21(29-23)28-22-14-20(24)30-31-22/h5,7,9,13-17H,3-4,6,10-12H2,1-2H3,(H3,27,28,29,30,31). The Labute approximate surface area is 187 Å². The van der Waals surface area contributed by atoms with Crippen LogP contribution in [0.4, 0.5) is 21.8 Å². The van der Waals surface area contributed by atoms with Crippen molar-refractivity contribution in [1.29, 1.82) is 5.26 Å². The molecule has 32 heavy (non-hydrogen) atoms. The van der Waals surface area contributed by atoms with Gasteiger partial charge in [-0.2, -0.15) is 14.8 Å². The third-order valence-corrected chi connectivity index (χ3v) is 6.22. The second-order valence-electron chi connectivity index (χ2n) is 8.24. The zero-order chi connectivity index (χ0) is 22.5. The molecule has 1 aliphatic rings. The van der Waals surface area contributed by atoms with E-state index in [0.29, 0.717) is 30.1 Å². The first-order valence-electron chi connectivity index (χ1n) is 11.2. The van der Waals surface area contributed by atoms with Gasteiger partial charge in [-0.15, -0.1) is 0 Å². The average molecular weight is 437 g/mol. The molecule has 4 heterocycles. The van der Waals surface area contributed by atoms with Gasteiger partial charge in [-0.3, -0.25) is 15.0 Å². The Bertz CT molecular complexity index is 1080. The highest BCUT2D eigenvalue weighted by Gasteiger charge is 2.33. The van der Waals surface area contributed by atoms with E-state index in [1.807, 2.05) is 18.2 Å². The molecule has 0 spiro atoms. The van der Waals surface area contributed by atoms with Gasteiger partial charge in [-0.25, -0.2) is 4.98 Å². The first kappa shape index (κ1) is 22.0. The Kier molecular flexibility index (Phi) is 6.81. The van der Waals surface area contributed by atoms with E-state index in [9.17, 15) is 4.39 Å². The fourth-order valence-electron chi connectivity index (χ4n) is 4.72. The van der Waals surface area contributed by atoms with Gasteiger partial charge in [-0.1, -0.05) is 13.8 Å². The number of pyridine rings is 2. The molecular weight excluding hydrogens is 407 g/mol. The number of piperidine rings is 1. The molecule has 0 amide bonds. The summed E-state index contributed by atoms with van der Waals surface area (Å²) in [5.74, 6) is 1.16. The maximum Gasteiger partial charge on any atom is 0.211 e. The van der Waals surface area contributed by atoms with Gasteiger partial charge in [0.15, 0.2) is 5.82 Å². The van der Waals surface area contributed by atoms with Gasteiger partial charge < -0.3 is 10.6 Å². The number of hydrogen-bond acceptors (Lipinski definition) is 7. The topological polar surface area (TPSA) is 106 Å². The summed E-state index contributed by atoms with van der Waals surface area (Å²) in [5, 5.41) is 22.9. The van der Waals surface area contributed by atoms with E-state index in [-0.39, 0.29) is 6.04 Å². The number of halogens is 1. The number of nitrogens with zero attached hydrogens (tertiary/aromatic N) is 5. The molecule has 0 radical (unpaired) electrons. The predicted molar refractivity (Wildman–Crippen MR) is 123 cm³/mol. The fourth-order valence-corrected chi connectivity index (χ4v) is 4.72. The normalized spacial score (nSPS) is 21.4. The Morgan fingerprint density at radius 2 is 2.00 bits per heavy atom. The van der Waals surface area contributed by atoms with Crippen LogP contribution in [0.5, 0.6) is 0 Å². The Balaban J connectivity index is 1.59. The van der Waals surface area contributed by atoms with Gasteiger partial charge in [0, 0.05) is 54.8 Å². The van der Waals surface area contributed by atoms with Crippen LogP contribution in [0.3, 0.4) is 0 Å². The second-order valence-corrected chi connectivity index (χ2v) is 8.24. The van der Waals surface area contributed by atoms with E-state index in [1.165, 1.54) is 6.07 Å². The summed E-state index contributed by atoms with van der Waals surface area (Å²) >= 11 is 0. The Morgan fingerprint density at radius 1 is 1.22 bits per heavy atom. The zero-order valence-corrected chi connectivity index (χ0v) is 18.5. The first-order valence-corrected chi connectivity index (χ1v) is 11.2. The SMILES string of the molecule is CCC1CC(Nc2nc(Nc3cc(F)[nH]n3)cc3ncccc23)CC(CC)N1CCC#N. The molecule has 3 aromatic heterocycles. The molecule has 1 aliphatic heterocycles. The molecule has 2 unspecified atom stereocenters. The van der Waals surface area contributed by atoms with Crippen molar-refractivity contribution in [3.8, 4) is 6.07 Å². The van der Waals surface area contributed by atoms with Gasteiger partial charge >= 0.3 is 0 Å². The van der Waals surface area contributed by atoms with Crippen LogP contribution in [-0.2, 0) is 0 Å². The van der Waals surface area contributed by atoms with Crippen LogP contribution in [0.1, 0.15) is 46.0 Å². The number of anilines is 3. The monoisotopic (exact) mass is 436 g/mol. The van der Waals surface area contributed by atoms with Crippen LogP contribution in [0.25, 0.3) is 10.9 Å². The zero-order valence-electron chi connectivity index (χ0n) is 18.5. The number of aromatic amines is 1. The summed E-state index contributed by atoms with van der Waals surface area (Å²) in [6.45, 7) is 5.25. The third kappa shape index (κ3) is 4.81. The van der Waals surface area contributed by atoms with Crippen molar-refractivity contribution in [3.05, 3.63) is 36.4 Å². The van der Waals surface area contributed by atoms with E-state index in [0.717, 1.165) is 48.9 Å². The molecule has 0 aliphatic carbocycles. The van der Waals surface area contributed by atoms with Crippen molar-refractivity contribution < 1.29 is 4.39 Å². The van der Waals surface area contributed by atoms with Crippen LogP contribution in [0.15, 0.2) is 30.5 Å². The summed E-state index contributed by atoms with van der Waals surface area (Å²) in [6.07, 6.45) is 6.38. The Morgan fingerprint density at radius 3 is 2.66 bits per heavy atom. The van der Waals surface area contributed by atoms with Gasteiger partial charge in [0.05, 0.1) is 11.6 Å². The largest absolute Gasteiger partial charge is 0.367 e. The van der Waals surface area contributed by atoms with Crippen molar-refractivity contribution >= 4 is 28.4 Å². The lowest BCUT2D eigenvalue weighted by Gasteiger charge is -2.45. The summed E-state index contributed by atoms with van der Waals surface area (Å²) in [5.41, 5.74) is 0.800. The molecule has 8 nitrogen and oxygen atoms in total. The van der Waals surface area contributed by atoms with Crippen LogP contribution < -0.4 is 10.6 Å². The Hall–Kier alpha value is -3.25. The van der Waals surface area contributed by atoms with Gasteiger partial charge in [0.2, 0.25) is 5.95 Å². The number of nitriles is 1. The minimum Gasteiger partial charge on any atom is -0.367 e. The number of nitrogens with one attached hydrogen (secondary N) is 3. The van der Waals surface area contributed by atoms with Crippen LogP contribution in [0, 0.1) is 17.3 Å². The van der Waals surface area contributed by atoms with Gasteiger partial charge in [-0.05, 0) is 37.8 Å². The van der Waals surface area contributed by atoms with Gasteiger partial charge in [0.25, 0.3) is 0 Å². The minimum atomic E-state index is -0.510. The lowest BCUT2D eigenvalue weighted by molar-refractivity contribution is 0.0735. The number of H-pyrrole nitrogens is 1. The molecule has 0 saturated carbocycles. The fraction of sp³-hybridized carbons (Fsp3) is 0.478. The van der Waals surface area contributed by atoms with Crippen molar-refractivity contribution in [1.82, 2.24) is 25.1 Å². The smallest absolute Gasteiger partial charge is 0.211 e. The molecule has 0 bridgehead atoms. The quantitative estimate of drug-likeness (QED) is 0.474. The number of fused-ring (bicyclic) bond motifs is 1. The van der Waals surface area contributed by atoms with E-state index >= 15 is 0 Å². The van der Waals surface area contributed by atoms with Crippen LogP contribution in [-0.4, -0.2) is 49.7 Å². The van der Waals surface area contributed by atoms with Crippen molar-refractivity contribution in [2.45, 2.75) is 64.1 Å². The maximum atomic E-state index is 13.3. The van der Waals surface area contributed by atoms with Crippen LogP contribution in [0.2, 0.25) is 0 Å². The molecule has 3 N–H and O–H groups in total. The predicted octanol–water partition coefficient (Wildman–Crippen LogP) is 4.58. The molecular formula is C23H29FN8. The van der Waals surface area contributed by atoms with E-state index in [2.05, 4.69) is 50.6 Å². The lowest BCUT2D eigenvalue weighted by atomic mass is 9.88. The van der Waals surface area contributed by atoms with Crippen molar-refractivity contribution in [2.24, 2.45) is 0 Å². The summed E-state index contributed by atoms with van der Waals surface area (Å²) in [7, 11) is 0. The molecule has 1 fully saturated rings. The van der Waals surface area contributed by atoms with Gasteiger partial charge in [0.1, 0.15) is 11.6 Å². The van der Waals surface area contributed by atoms with E-state index in [1.54, 1.807) is 6.20 Å². The summed E-state index contributed by atoms with van der Waals surface area (Å²) in [4.78, 5) is 11.8. The maximum absolute atomic E-state index is 13.3. The molecule has 2 atom stereocenters. The lowest BCUT2D eigenvalue weighted by Crippen LogP contribution is -2.52. The number of rotatable bonds is 8. The second kappa shape index (κ2) is 9.92. The van der Waals surface area contributed by atoms with Crippen LogP contribution >= 0.6 is 0 Å².